The highest BCUT2D eigenvalue weighted by molar-refractivity contribution is 6.32. The number of likely N-dealkylation sites (tertiary alicyclic amines) is 1. The molecule has 0 bridgehead atoms. The number of nitrogens with one attached hydrogen (secondary N) is 1. The molecule has 1 N–H and O–H groups in total. The monoisotopic (exact) mass is 472 g/mol. The first-order chi connectivity index (χ1) is 15.9. The van der Waals surface area contributed by atoms with E-state index < -0.39 is 0 Å². The number of carbonyl (C=O) groups is 2. The lowest BCUT2D eigenvalue weighted by molar-refractivity contribution is -0.122. The van der Waals surface area contributed by atoms with Gasteiger partial charge in [-0.05, 0) is 42.9 Å². The number of aryl methyl sites for hydroxylation is 1. The van der Waals surface area contributed by atoms with E-state index >= 15 is 0 Å². The molecule has 0 unspecified atom stereocenters. The Labute approximate surface area is 201 Å². The van der Waals surface area contributed by atoms with Crippen LogP contribution in [-0.2, 0) is 11.2 Å². The number of methoxy groups -OCH3 is 1. The van der Waals surface area contributed by atoms with Crippen molar-refractivity contribution in [3.63, 3.8) is 0 Å². The molecule has 2 aromatic rings. The third kappa shape index (κ3) is 7.13. The van der Waals surface area contributed by atoms with Gasteiger partial charge in [0, 0.05) is 31.1 Å². The number of halogens is 1. The fraction of sp³-hybridized carbons (Fsp3) is 0.462. The highest BCUT2D eigenvalue weighted by Gasteiger charge is 2.26. The summed E-state index contributed by atoms with van der Waals surface area (Å²) in [6.07, 6.45) is 2.64. The average Bonchev–Trinajstić information content (AvgIpc) is 2.82. The Balaban J connectivity index is 1.52. The summed E-state index contributed by atoms with van der Waals surface area (Å²) in [4.78, 5) is 27.2. The summed E-state index contributed by atoms with van der Waals surface area (Å²) in [6, 6.07) is 13.4. The van der Waals surface area contributed by atoms with E-state index in [0.29, 0.717) is 54.1 Å². The van der Waals surface area contributed by atoms with Crippen LogP contribution in [0.2, 0.25) is 5.02 Å². The van der Waals surface area contributed by atoms with Gasteiger partial charge in [0.05, 0.1) is 18.7 Å². The van der Waals surface area contributed by atoms with Crippen molar-refractivity contribution in [2.45, 2.75) is 45.6 Å². The van der Waals surface area contributed by atoms with Gasteiger partial charge in [-0.25, -0.2) is 0 Å². The molecule has 0 radical (unpaired) electrons. The molecule has 178 valence electrons. The zero-order chi connectivity index (χ0) is 23.8. The Kier molecular flexibility index (Phi) is 9.01. The molecular weight excluding hydrogens is 440 g/mol. The van der Waals surface area contributed by atoms with Crippen molar-refractivity contribution in [1.29, 1.82) is 0 Å². The number of carbonyl (C=O) groups excluding carboxylic acids is 2. The normalized spacial score (nSPS) is 14.3. The molecular formula is C26H33ClN2O4. The average molecular weight is 473 g/mol. The van der Waals surface area contributed by atoms with Gasteiger partial charge in [-0.3, -0.25) is 9.59 Å². The topological polar surface area (TPSA) is 67.9 Å². The Bertz CT molecular complexity index is 941. The molecule has 1 fully saturated rings. The van der Waals surface area contributed by atoms with E-state index in [9.17, 15) is 9.59 Å². The molecule has 2 amide bonds. The first kappa shape index (κ1) is 24.9. The molecule has 0 atom stereocenters. The molecule has 1 aliphatic rings. The van der Waals surface area contributed by atoms with Gasteiger partial charge in [-0.2, -0.15) is 0 Å². The fourth-order valence-corrected chi connectivity index (χ4v) is 4.11. The SMILES string of the molecule is COc1cc(C(=O)N2CCC(NC(=O)CCc3ccccc3)CC2)cc(Cl)c1OCC(C)C. The molecule has 6 nitrogen and oxygen atoms in total. The van der Waals surface area contributed by atoms with E-state index in [4.69, 9.17) is 21.1 Å². The summed E-state index contributed by atoms with van der Waals surface area (Å²) >= 11 is 6.41. The highest BCUT2D eigenvalue weighted by atomic mass is 35.5. The minimum absolute atomic E-state index is 0.0529. The minimum Gasteiger partial charge on any atom is -0.493 e. The van der Waals surface area contributed by atoms with Gasteiger partial charge in [-0.15, -0.1) is 0 Å². The van der Waals surface area contributed by atoms with Gasteiger partial charge in [0.1, 0.15) is 0 Å². The van der Waals surface area contributed by atoms with Crippen LogP contribution < -0.4 is 14.8 Å². The maximum atomic E-state index is 13.1. The van der Waals surface area contributed by atoms with Crippen LogP contribution in [0.4, 0.5) is 0 Å². The largest absolute Gasteiger partial charge is 0.493 e. The number of hydrogen-bond donors (Lipinski definition) is 1. The molecule has 33 heavy (non-hydrogen) atoms. The summed E-state index contributed by atoms with van der Waals surface area (Å²) in [5.41, 5.74) is 1.63. The molecule has 3 rings (SSSR count). The summed E-state index contributed by atoms with van der Waals surface area (Å²) in [7, 11) is 1.54. The lowest BCUT2D eigenvalue weighted by Crippen LogP contribution is -2.46. The van der Waals surface area contributed by atoms with Crippen LogP contribution in [0.3, 0.4) is 0 Å². The number of ether oxygens (including phenoxy) is 2. The van der Waals surface area contributed by atoms with E-state index in [-0.39, 0.29) is 17.9 Å². The first-order valence-corrected chi connectivity index (χ1v) is 11.9. The molecule has 1 saturated heterocycles. The van der Waals surface area contributed by atoms with Gasteiger partial charge < -0.3 is 19.7 Å². The molecule has 2 aromatic carbocycles. The molecule has 0 aromatic heterocycles. The van der Waals surface area contributed by atoms with Crippen molar-refractivity contribution >= 4 is 23.4 Å². The summed E-state index contributed by atoms with van der Waals surface area (Å²) in [5.74, 6) is 1.21. The lowest BCUT2D eigenvalue weighted by Gasteiger charge is -2.32. The number of hydrogen-bond acceptors (Lipinski definition) is 4. The molecule has 0 saturated carbocycles. The summed E-state index contributed by atoms with van der Waals surface area (Å²) < 4.78 is 11.2. The lowest BCUT2D eigenvalue weighted by atomic mass is 10.0. The van der Waals surface area contributed by atoms with Crippen LogP contribution in [0.25, 0.3) is 0 Å². The Hall–Kier alpha value is -2.73. The first-order valence-electron chi connectivity index (χ1n) is 11.5. The molecule has 1 aliphatic heterocycles. The van der Waals surface area contributed by atoms with Crippen molar-refractivity contribution in [2.24, 2.45) is 5.92 Å². The Morgan fingerprint density at radius 2 is 1.85 bits per heavy atom. The van der Waals surface area contributed by atoms with Gasteiger partial charge in [0.2, 0.25) is 5.91 Å². The molecule has 7 heteroatoms. The number of benzene rings is 2. The quantitative estimate of drug-likeness (QED) is 0.572. The van der Waals surface area contributed by atoms with Gasteiger partial charge in [-0.1, -0.05) is 55.8 Å². The van der Waals surface area contributed by atoms with Crippen molar-refractivity contribution in [1.82, 2.24) is 10.2 Å². The smallest absolute Gasteiger partial charge is 0.254 e. The predicted octanol–water partition coefficient (Wildman–Crippen LogP) is 4.74. The van der Waals surface area contributed by atoms with Crippen LogP contribution >= 0.6 is 11.6 Å². The Morgan fingerprint density at radius 3 is 2.48 bits per heavy atom. The second kappa shape index (κ2) is 11.9. The van der Waals surface area contributed by atoms with Crippen LogP contribution in [0.1, 0.15) is 49.0 Å². The standard InChI is InChI=1S/C26H33ClN2O4/c1-18(2)17-33-25-22(27)15-20(16-23(25)32-3)26(31)29-13-11-21(12-14-29)28-24(30)10-9-19-7-5-4-6-8-19/h4-8,15-16,18,21H,9-14,17H2,1-3H3,(H,28,30). The second-order valence-corrected chi connectivity index (χ2v) is 9.22. The maximum Gasteiger partial charge on any atom is 0.254 e. The van der Waals surface area contributed by atoms with Gasteiger partial charge in [0.15, 0.2) is 11.5 Å². The van der Waals surface area contributed by atoms with Crippen molar-refractivity contribution < 1.29 is 19.1 Å². The van der Waals surface area contributed by atoms with E-state index in [2.05, 4.69) is 5.32 Å². The van der Waals surface area contributed by atoms with Crippen LogP contribution in [0.15, 0.2) is 42.5 Å². The molecule has 0 aliphatic carbocycles. The van der Waals surface area contributed by atoms with Gasteiger partial charge >= 0.3 is 0 Å². The third-order valence-corrected chi connectivity index (χ3v) is 5.95. The highest BCUT2D eigenvalue weighted by Crippen LogP contribution is 2.37. The molecule has 0 spiro atoms. The second-order valence-electron chi connectivity index (χ2n) is 8.81. The van der Waals surface area contributed by atoms with Crippen molar-refractivity contribution in [3.8, 4) is 11.5 Å². The summed E-state index contributed by atoms with van der Waals surface area (Å²) in [6.45, 7) is 5.76. The van der Waals surface area contributed by atoms with Crippen LogP contribution in [-0.4, -0.2) is 49.6 Å². The van der Waals surface area contributed by atoms with Crippen LogP contribution in [0.5, 0.6) is 11.5 Å². The number of rotatable bonds is 9. The number of nitrogens with zero attached hydrogens (tertiary/aromatic N) is 1. The summed E-state index contributed by atoms with van der Waals surface area (Å²) in [5, 5.41) is 3.47. The van der Waals surface area contributed by atoms with E-state index in [0.717, 1.165) is 24.8 Å². The minimum atomic E-state index is -0.0977. The number of piperidine rings is 1. The third-order valence-electron chi connectivity index (χ3n) is 5.67. The Morgan fingerprint density at radius 1 is 1.15 bits per heavy atom. The predicted molar refractivity (Wildman–Crippen MR) is 130 cm³/mol. The zero-order valence-corrected chi connectivity index (χ0v) is 20.4. The van der Waals surface area contributed by atoms with E-state index in [1.54, 1.807) is 17.0 Å². The number of amides is 2. The van der Waals surface area contributed by atoms with Crippen molar-refractivity contribution in [2.75, 3.05) is 26.8 Å². The molecule has 1 heterocycles. The maximum absolute atomic E-state index is 13.1. The van der Waals surface area contributed by atoms with E-state index in [1.165, 1.54) is 7.11 Å². The van der Waals surface area contributed by atoms with Crippen molar-refractivity contribution in [3.05, 3.63) is 58.6 Å². The fourth-order valence-electron chi connectivity index (χ4n) is 3.85. The van der Waals surface area contributed by atoms with Crippen LogP contribution in [0, 0.1) is 5.92 Å². The zero-order valence-electron chi connectivity index (χ0n) is 19.6. The van der Waals surface area contributed by atoms with E-state index in [1.807, 2.05) is 44.2 Å². The van der Waals surface area contributed by atoms with Gasteiger partial charge in [0.25, 0.3) is 5.91 Å².